The van der Waals surface area contributed by atoms with E-state index < -0.39 is 18.7 Å². The van der Waals surface area contributed by atoms with Crippen molar-refractivity contribution in [2.24, 2.45) is 0 Å². The smallest absolute Gasteiger partial charge is 0.425 e. The van der Waals surface area contributed by atoms with Crippen LogP contribution in [0.4, 0.5) is 0 Å². The molecule has 0 bridgehead atoms. The summed E-state index contributed by atoms with van der Waals surface area (Å²) in [6.07, 6.45) is 6.97. The molecule has 0 unspecified atom stereocenters. The van der Waals surface area contributed by atoms with Crippen molar-refractivity contribution in [3.05, 3.63) is 35.7 Å². The number of rotatable bonds is 14. The Bertz CT molecular complexity index is 883. The summed E-state index contributed by atoms with van der Waals surface area (Å²) in [5.74, 6) is -1.34. The lowest BCUT2D eigenvalue weighted by Crippen LogP contribution is -2.23. The maximum atomic E-state index is 11.4. The Morgan fingerprint density at radius 2 is 2.00 bits per heavy atom. The van der Waals surface area contributed by atoms with Crippen molar-refractivity contribution in [3.63, 3.8) is 0 Å². The lowest BCUT2D eigenvalue weighted by atomic mass is 10.0. The summed E-state index contributed by atoms with van der Waals surface area (Å²) in [7, 11) is 0. The first-order valence-electron chi connectivity index (χ1n) is 10.7. The first-order valence-corrected chi connectivity index (χ1v) is 10.7. The molecule has 0 spiro atoms. The zero-order chi connectivity index (χ0) is 23.2. The molecular weight excluding hydrogens is 416 g/mol. The topological polar surface area (TPSA) is 147 Å². The van der Waals surface area contributed by atoms with Crippen LogP contribution in [0.25, 0.3) is 0 Å². The van der Waals surface area contributed by atoms with Gasteiger partial charge < -0.3 is 24.7 Å². The number of aliphatic hydroxyl groups is 1. The molecule has 0 saturated carbocycles. The van der Waals surface area contributed by atoms with Gasteiger partial charge in [0.15, 0.2) is 6.79 Å². The molecule has 174 valence electrons. The maximum Gasteiger partial charge on any atom is 0.425 e. The highest BCUT2D eigenvalue weighted by Gasteiger charge is 2.20. The molecule has 10 nitrogen and oxygen atoms in total. The third kappa shape index (κ3) is 9.25. The van der Waals surface area contributed by atoms with E-state index in [2.05, 4.69) is 31.6 Å². The average Bonchev–Trinajstić information content (AvgIpc) is 3.21. The molecule has 3 N–H and O–H groups in total. The minimum atomic E-state index is -1.33. The van der Waals surface area contributed by atoms with Crippen LogP contribution in [-0.2, 0) is 27.2 Å². The van der Waals surface area contributed by atoms with E-state index in [0.29, 0.717) is 25.3 Å². The normalized spacial score (nSPS) is 10.6. The van der Waals surface area contributed by atoms with Gasteiger partial charge in [-0.25, -0.2) is 9.59 Å². The summed E-state index contributed by atoms with van der Waals surface area (Å²) >= 11 is 0. The Balaban J connectivity index is 1.67. The molecule has 10 heteroatoms. The molecule has 0 aliphatic rings. The number of hydrogen-bond donors (Lipinski definition) is 3. The van der Waals surface area contributed by atoms with E-state index in [1.165, 1.54) is 0 Å². The Kier molecular flexibility index (Phi) is 10.9. The summed E-state index contributed by atoms with van der Waals surface area (Å²) < 4.78 is 14.6. The Labute approximate surface area is 186 Å². The second-order valence-electron chi connectivity index (χ2n) is 7.21. The van der Waals surface area contributed by atoms with Crippen LogP contribution >= 0.6 is 0 Å². The Morgan fingerprint density at radius 3 is 2.78 bits per heavy atom. The number of esters is 2. The van der Waals surface area contributed by atoms with Crippen LogP contribution in [0, 0.1) is 5.41 Å². The van der Waals surface area contributed by atoms with Crippen molar-refractivity contribution < 1.29 is 28.9 Å². The number of carbonyl (C=O) groups excluding carboxylic acids is 2. The molecule has 0 saturated heterocycles. The summed E-state index contributed by atoms with van der Waals surface area (Å²) in [6, 6.07) is 7.56. The third-order valence-corrected chi connectivity index (χ3v) is 4.53. The molecule has 2 aromatic rings. The maximum absolute atomic E-state index is 11.4. The van der Waals surface area contributed by atoms with Crippen molar-refractivity contribution in [1.82, 2.24) is 15.2 Å². The number of ether oxygens (including phenoxy) is 3. The average molecular weight is 447 g/mol. The largest absolute Gasteiger partial charge is 0.494 e. The molecule has 0 radical (unpaired) electrons. The van der Waals surface area contributed by atoms with Gasteiger partial charge in [0, 0.05) is 18.6 Å². The van der Waals surface area contributed by atoms with Gasteiger partial charge in [0.05, 0.1) is 6.61 Å². The number of benzene rings is 1. The number of aromatic amines is 1. The summed E-state index contributed by atoms with van der Waals surface area (Å²) in [5, 5.41) is 22.9. The number of nitrogens with one attached hydrogen (secondary N) is 2. The van der Waals surface area contributed by atoms with Gasteiger partial charge in [0.2, 0.25) is 0 Å². The summed E-state index contributed by atoms with van der Waals surface area (Å²) in [5.41, 5.74) is 1.83. The Morgan fingerprint density at radius 1 is 1.16 bits per heavy atom. The van der Waals surface area contributed by atoms with E-state index in [1.807, 2.05) is 24.3 Å². The lowest BCUT2D eigenvalue weighted by Gasteiger charge is -2.09. The number of H-pyrrole nitrogens is 1. The summed E-state index contributed by atoms with van der Waals surface area (Å²) in [6.45, 7) is 1.77. The van der Waals surface area contributed by atoms with Gasteiger partial charge in [-0.15, -0.1) is 5.10 Å². The molecule has 1 aromatic heterocycles. The van der Waals surface area contributed by atoms with Crippen molar-refractivity contribution in [1.29, 1.82) is 5.41 Å². The van der Waals surface area contributed by atoms with Gasteiger partial charge in [0.25, 0.3) is 0 Å². The van der Waals surface area contributed by atoms with Crippen LogP contribution in [-0.4, -0.2) is 51.3 Å². The standard InChI is InChI=1S/C22H30N4O6/c1-2-3-4-9-17(23)13-16-8-7-10-18(14-16)30-12-6-5-11-19-24-22(26-25-19)32-21(29)20(28)31-15-27/h7-8,10,14,23,27H,2-6,9,11-13,15H2,1H3,(H,24,25,26). The molecule has 0 aliphatic heterocycles. The predicted octanol–water partition coefficient (Wildman–Crippen LogP) is 2.75. The minimum Gasteiger partial charge on any atom is -0.494 e. The molecule has 0 atom stereocenters. The van der Waals surface area contributed by atoms with E-state index in [4.69, 9.17) is 15.3 Å². The number of aliphatic hydroxyl groups excluding tert-OH is 1. The molecule has 0 amide bonds. The molecule has 2 rings (SSSR count). The highest BCUT2D eigenvalue weighted by atomic mass is 16.6. The highest BCUT2D eigenvalue weighted by Crippen LogP contribution is 2.16. The monoisotopic (exact) mass is 446 g/mol. The van der Waals surface area contributed by atoms with E-state index >= 15 is 0 Å². The Hall–Kier alpha value is -3.27. The molecule has 1 aromatic carbocycles. The first-order chi connectivity index (χ1) is 15.5. The number of aromatic nitrogens is 3. The molecular formula is C22H30N4O6. The number of carbonyl (C=O) groups is 2. The fourth-order valence-corrected chi connectivity index (χ4v) is 2.93. The van der Waals surface area contributed by atoms with Crippen LogP contribution in [0.15, 0.2) is 24.3 Å². The zero-order valence-corrected chi connectivity index (χ0v) is 18.3. The predicted molar refractivity (Wildman–Crippen MR) is 116 cm³/mol. The van der Waals surface area contributed by atoms with Gasteiger partial charge in [-0.05, 0) is 43.4 Å². The third-order valence-electron chi connectivity index (χ3n) is 4.53. The van der Waals surface area contributed by atoms with E-state index in [1.54, 1.807) is 0 Å². The van der Waals surface area contributed by atoms with E-state index in [9.17, 15) is 9.59 Å². The SMILES string of the molecule is CCCCCC(=N)Cc1cccc(OCCCCc2nc(OC(=O)C(=O)OCO)n[nH]2)c1. The fourth-order valence-electron chi connectivity index (χ4n) is 2.93. The second-order valence-corrected chi connectivity index (χ2v) is 7.21. The highest BCUT2D eigenvalue weighted by molar-refractivity contribution is 6.30. The van der Waals surface area contributed by atoms with Gasteiger partial charge in [0.1, 0.15) is 11.6 Å². The van der Waals surface area contributed by atoms with Crippen LogP contribution in [0.2, 0.25) is 0 Å². The van der Waals surface area contributed by atoms with Gasteiger partial charge in [-0.3, -0.25) is 5.10 Å². The van der Waals surface area contributed by atoms with Gasteiger partial charge in [-0.1, -0.05) is 31.9 Å². The number of hydrogen-bond acceptors (Lipinski definition) is 9. The van der Waals surface area contributed by atoms with Crippen LogP contribution in [0.1, 0.15) is 56.8 Å². The fraction of sp³-hybridized carbons (Fsp3) is 0.500. The van der Waals surface area contributed by atoms with Crippen LogP contribution < -0.4 is 9.47 Å². The lowest BCUT2D eigenvalue weighted by molar-refractivity contribution is -0.167. The van der Waals surface area contributed by atoms with Crippen LogP contribution in [0.3, 0.4) is 0 Å². The first kappa shape index (κ1) is 25.0. The second kappa shape index (κ2) is 13.9. The quantitative estimate of drug-likeness (QED) is 0.132. The molecule has 1 heterocycles. The van der Waals surface area contributed by atoms with Crippen molar-refractivity contribution in [2.45, 2.75) is 58.3 Å². The van der Waals surface area contributed by atoms with Crippen molar-refractivity contribution >= 4 is 17.7 Å². The summed E-state index contributed by atoms with van der Waals surface area (Å²) in [4.78, 5) is 26.4. The van der Waals surface area contributed by atoms with Gasteiger partial charge in [-0.2, -0.15) is 4.98 Å². The van der Waals surface area contributed by atoms with Gasteiger partial charge >= 0.3 is 17.9 Å². The van der Waals surface area contributed by atoms with Crippen molar-refractivity contribution in [2.75, 3.05) is 13.4 Å². The molecule has 0 aliphatic carbocycles. The molecule has 32 heavy (non-hydrogen) atoms. The number of nitrogens with zero attached hydrogens (tertiary/aromatic N) is 2. The zero-order valence-electron chi connectivity index (χ0n) is 18.3. The number of unbranched alkanes of at least 4 members (excludes halogenated alkanes) is 3. The number of aryl methyl sites for hydroxylation is 1. The minimum absolute atomic E-state index is 0.284. The van der Waals surface area contributed by atoms with Crippen molar-refractivity contribution in [3.8, 4) is 11.8 Å². The molecule has 0 fully saturated rings. The van der Waals surface area contributed by atoms with Crippen LogP contribution in [0.5, 0.6) is 11.8 Å². The van der Waals surface area contributed by atoms with E-state index in [0.717, 1.165) is 55.5 Å². The van der Waals surface area contributed by atoms with E-state index in [-0.39, 0.29) is 6.01 Å².